The molecule has 4 nitrogen and oxygen atoms in total. The number of benzene rings is 1. The molecule has 0 bridgehead atoms. The number of aliphatic hydroxyl groups is 1. The molecule has 0 amide bonds. The highest BCUT2D eigenvalue weighted by atomic mass is 35.5. The van der Waals surface area contributed by atoms with Crippen LogP contribution in [0.5, 0.6) is 0 Å². The number of aliphatic hydroxyl groups excluding tert-OH is 1. The van der Waals surface area contributed by atoms with Crippen molar-refractivity contribution >= 4 is 11.6 Å². The highest BCUT2D eigenvalue weighted by Gasteiger charge is 2.27. The Labute approximate surface area is 148 Å². The van der Waals surface area contributed by atoms with Gasteiger partial charge in [0, 0.05) is 30.0 Å². The summed E-state index contributed by atoms with van der Waals surface area (Å²) in [5, 5.41) is 11.2. The fourth-order valence-corrected chi connectivity index (χ4v) is 3.21. The minimum absolute atomic E-state index is 0.270. The predicted octanol–water partition coefficient (Wildman–Crippen LogP) is 2.87. The monoisotopic (exact) mass is 343 g/mol. The Hall–Kier alpha value is -1.80. The summed E-state index contributed by atoms with van der Waals surface area (Å²) in [6, 6.07) is 7.59. The van der Waals surface area contributed by atoms with Crippen LogP contribution in [0.1, 0.15) is 30.3 Å². The Morgan fingerprint density at radius 1 is 1.29 bits per heavy atom. The van der Waals surface area contributed by atoms with Gasteiger partial charge in [-0.2, -0.15) is 0 Å². The summed E-state index contributed by atoms with van der Waals surface area (Å²) in [6.45, 7) is 2.68. The second kappa shape index (κ2) is 7.85. The van der Waals surface area contributed by atoms with E-state index < -0.39 is 6.10 Å². The molecular formula is C19H22ClN3O. The highest BCUT2D eigenvalue weighted by Crippen LogP contribution is 2.29. The zero-order valence-electron chi connectivity index (χ0n) is 13.8. The molecule has 1 aromatic carbocycles. The van der Waals surface area contributed by atoms with Crippen LogP contribution in [0.15, 0.2) is 36.7 Å². The molecule has 1 N–H and O–H groups in total. The lowest BCUT2D eigenvalue weighted by Crippen LogP contribution is -2.36. The van der Waals surface area contributed by atoms with Crippen LogP contribution in [-0.4, -0.2) is 39.2 Å². The van der Waals surface area contributed by atoms with E-state index >= 15 is 0 Å². The van der Waals surface area contributed by atoms with Crippen LogP contribution >= 0.6 is 11.6 Å². The second-order valence-electron chi connectivity index (χ2n) is 6.26. The number of likely N-dealkylation sites (tertiary alicyclic amines) is 1. The molecule has 1 unspecified atom stereocenters. The van der Waals surface area contributed by atoms with E-state index in [1.165, 1.54) is 0 Å². The van der Waals surface area contributed by atoms with E-state index in [4.69, 9.17) is 11.6 Å². The van der Waals surface area contributed by atoms with Crippen molar-refractivity contribution in [1.29, 1.82) is 0 Å². The SMILES string of the molecule is Cn1ccnc1C(O)C1CCN(CC#Cc2ccc(Cl)cc2)CC1. The first-order valence-corrected chi connectivity index (χ1v) is 8.63. The number of aryl methyl sites for hydroxylation is 1. The highest BCUT2D eigenvalue weighted by molar-refractivity contribution is 6.30. The number of piperidine rings is 1. The summed E-state index contributed by atoms with van der Waals surface area (Å²) in [5.74, 6) is 7.43. The predicted molar refractivity (Wildman–Crippen MR) is 95.7 cm³/mol. The van der Waals surface area contributed by atoms with Crippen LogP contribution < -0.4 is 0 Å². The Morgan fingerprint density at radius 2 is 2.00 bits per heavy atom. The number of halogens is 1. The van der Waals surface area contributed by atoms with E-state index in [1.54, 1.807) is 6.20 Å². The summed E-state index contributed by atoms with van der Waals surface area (Å²) >= 11 is 5.87. The number of aromatic nitrogens is 2. The van der Waals surface area contributed by atoms with Crippen LogP contribution in [0.4, 0.5) is 0 Å². The molecule has 126 valence electrons. The fourth-order valence-electron chi connectivity index (χ4n) is 3.09. The van der Waals surface area contributed by atoms with Gasteiger partial charge in [0.2, 0.25) is 0 Å². The minimum Gasteiger partial charge on any atom is -0.385 e. The van der Waals surface area contributed by atoms with Gasteiger partial charge in [-0.3, -0.25) is 4.90 Å². The maximum atomic E-state index is 10.5. The molecule has 2 heterocycles. The zero-order chi connectivity index (χ0) is 16.9. The van der Waals surface area contributed by atoms with E-state index in [-0.39, 0.29) is 5.92 Å². The zero-order valence-corrected chi connectivity index (χ0v) is 14.6. The molecule has 1 fully saturated rings. The first-order valence-electron chi connectivity index (χ1n) is 8.25. The van der Waals surface area contributed by atoms with Gasteiger partial charge in [0.15, 0.2) is 0 Å². The Kier molecular flexibility index (Phi) is 5.57. The van der Waals surface area contributed by atoms with Crippen molar-refractivity contribution in [3.8, 4) is 11.8 Å². The summed E-state index contributed by atoms with van der Waals surface area (Å²) in [4.78, 5) is 6.60. The molecule has 24 heavy (non-hydrogen) atoms. The summed E-state index contributed by atoms with van der Waals surface area (Å²) in [5.41, 5.74) is 0.986. The first kappa shape index (κ1) is 17.0. The third-order valence-electron chi connectivity index (χ3n) is 4.58. The van der Waals surface area contributed by atoms with Crippen molar-refractivity contribution in [3.05, 3.63) is 53.1 Å². The molecular weight excluding hydrogens is 322 g/mol. The Balaban J connectivity index is 1.49. The van der Waals surface area contributed by atoms with Crippen LogP contribution in [0.25, 0.3) is 0 Å². The van der Waals surface area contributed by atoms with Gasteiger partial charge in [-0.05, 0) is 56.1 Å². The summed E-state index contributed by atoms with van der Waals surface area (Å²) in [6.07, 6.45) is 5.07. The number of hydrogen-bond acceptors (Lipinski definition) is 3. The average molecular weight is 344 g/mol. The summed E-state index contributed by atoms with van der Waals surface area (Å²) < 4.78 is 1.90. The molecule has 1 saturated heterocycles. The standard InChI is InChI=1S/C19H22ClN3O/c1-22-14-10-21-19(22)18(24)16-8-12-23(13-9-16)11-2-3-15-4-6-17(20)7-5-15/h4-7,10,14,16,18,24H,8-9,11-13H2,1H3. The van der Waals surface area contributed by atoms with Gasteiger partial charge in [-0.15, -0.1) is 0 Å². The molecule has 1 atom stereocenters. The number of nitrogens with zero attached hydrogens (tertiary/aromatic N) is 3. The summed E-state index contributed by atoms with van der Waals surface area (Å²) in [7, 11) is 1.92. The van der Waals surface area contributed by atoms with Crippen molar-refractivity contribution in [2.24, 2.45) is 13.0 Å². The van der Waals surface area contributed by atoms with Gasteiger partial charge in [0.1, 0.15) is 11.9 Å². The van der Waals surface area contributed by atoms with E-state index in [9.17, 15) is 5.11 Å². The molecule has 1 aromatic heterocycles. The Morgan fingerprint density at radius 3 is 2.62 bits per heavy atom. The smallest absolute Gasteiger partial charge is 0.137 e. The maximum absolute atomic E-state index is 10.5. The number of hydrogen-bond donors (Lipinski definition) is 1. The van der Waals surface area contributed by atoms with Crippen molar-refractivity contribution in [2.75, 3.05) is 19.6 Å². The number of rotatable bonds is 3. The maximum Gasteiger partial charge on any atom is 0.137 e. The lowest BCUT2D eigenvalue weighted by Gasteiger charge is -2.32. The topological polar surface area (TPSA) is 41.3 Å². The van der Waals surface area contributed by atoms with Crippen molar-refractivity contribution in [1.82, 2.24) is 14.5 Å². The van der Waals surface area contributed by atoms with Gasteiger partial charge >= 0.3 is 0 Å². The molecule has 2 aromatic rings. The third kappa shape index (κ3) is 4.18. The fraction of sp³-hybridized carbons (Fsp3) is 0.421. The van der Waals surface area contributed by atoms with Crippen LogP contribution in [0.2, 0.25) is 5.02 Å². The minimum atomic E-state index is -0.479. The number of imidazole rings is 1. The lowest BCUT2D eigenvalue weighted by atomic mass is 9.91. The van der Waals surface area contributed by atoms with E-state index in [0.717, 1.165) is 48.9 Å². The van der Waals surface area contributed by atoms with Gasteiger partial charge < -0.3 is 9.67 Å². The largest absolute Gasteiger partial charge is 0.385 e. The third-order valence-corrected chi connectivity index (χ3v) is 4.83. The second-order valence-corrected chi connectivity index (χ2v) is 6.70. The molecule has 1 aliphatic rings. The molecule has 1 aliphatic heterocycles. The molecule has 5 heteroatoms. The van der Waals surface area contributed by atoms with Gasteiger partial charge in [-0.25, -0.2) is 4.98 Å². The first-order chi connectivity index (χ1) is 11.6. The normalized spacial score (nSPS) is 17.3. The van der Waals surface area contributed by atoms with Crippen molar-refractivity contribution < 1.29 is 5.11 Å². The molecule has 0 aliphatic carbocycles. The van der Waals surface area contributed by atoms with Crippen molar-refractivity contribution in [3.63, 3.8) is 0 Å². The van der Waals surface area contributed by atoms with Crippen LogP contribution in [-0.2, 0) is 7.05 Å². The van der Waals surface area contributed by atoms with Crippen molar-refractivity contribution in [2.45, 2.75) is 18.9 Å². The Bertz CT molecular complexity index is 721. The quantitative estimate of drug-likeness (QED) is 0.871. The molecule has 0 saturated carbocycles. The molecule has 0 radical (unpaired) electrons. The van der Waals surface area contributed by atoms with Gasteiger partial charge in [-0.1, -0.05) is 23.4 Å². The van der Waals surface area contributed by atoms with Crippen LogP contribution in [0, 0.1) is 17.8 Å². The molecule has 3 rings (SSSR count). The van der Waals surface area contributed by atoms with Gasteiger partial charge in [0.05, 0.1) is 6.54 Å². The van der Waals surface area contributed by atoms with E-state index in [0.29, 0.717) is 0 Å². The van der Waals surface area contributed by atoms with Gasteiger partial charge in [0.25, 0.3) is 0 Å². The average Bonchev–Trinajstić information content (AvgIpc) is 3.03. The van der Waals surface area contributed by atoms with E-state index in [1.807, 2.05) is 42.1 Å². The van der Waals surface area contributed by atoms with E-state index in [2.05, 4.69) is 21.7 Å². The van der Waals surface area contributed by atoms with Crippen LogP contribution in [0.3, 0.4) is 0 Å². The molecule has 0 spiro atoms. The lowest BCUT2D eigenvalue weighted by molar-refractivity contribution is 0.0545.